The van der Waals surface area contributed by atoms with E-state index in [0.29, 0.717) is 34.7 Å². The number of ether oxygens (including phenoxy) is 3. The third kappa shape index (κ3) is 4.33. The van der Waals surface area contributed by atoms with Gasteiger partial charge in [0.1, 0.15) is 11.9 Å². The maximum atomic E-state index is 15.2. The van der Waals surface area contributed by atoms with Gasteiger partial charge in [-0.2, -0.15) is 0 Å². The van der Waals surface area contributed by atoms with Crippen molar-refractivity contribution >= 4 is 22.8 Å². The van der Waals surface area contributed by atoms with Gasteiger partial charge in [-0.1, -0.05) is 18.2 Å². The summed E-state index contributed by atoms with van der Waals surface area (Å²) >= 11 is 0. The van der Waals surface area contributed by atoms with Crippen LogP contribution in [0, 0.1) is 19.7 Å². The Hall–Kier alpha value is -3.91. The lowest BCUT2D eigenvalue weighted by molar-refractivity contribution is -0.147. The Labute approximate surface area is 226 Å². The van der Waals surface area contributed by atoms with Gasteiger partial charge in [-0.3, -0.25) is 0 Å². The number of cyclic esters (lactones) is 1. The van der Waals surface area contributed by atoms with Gasteiger partial charge >= 0.3 is 11.9 Å². The number of carbonyl (C=O) groups is 2. The van der Waals surface area contributed by atoms with Crippen LogP contribution in [0.1, 0.15) is 60.5 Å². The molecule has 3 unspecified atom stereocenters. The van der Waals surface area contributed by atoms with Crippen molar-refractivity contribution in [1.29, 1.82) is 0 Å². The number of H-pyrrole nitrogens is 1. The van der Waals surface area contributed by atoms with Gasteiger partial charge < -0.3 is 24.5 Å². The van der Waals surface area contributed by atoms with E-state index in [1.807, 2.05) is 50.4 Å². The average Bonchev–Trinajstić information content (AvgIpc) is 3.59. The highest BCUT2D eigenvalue weighted by atomic mass is 19.1. The molecule has 2 N–H and O–H groups in total. The molecule has 0 spiro atoms. The van der Waals surface area contributed by atoms with Gasteiger partial charge in [0.05, 0.1) is 35.5 Å². The molecule has 8 heteroatoms. The Bertz CT molecular complexity index is 1520. The van der Waals surface area contributed by atoms with E-state index in [1.165, 1.54) is 6.07 Å². The Morgan fingerprint density at radius 1 is 1.18 bits per heavy atom. The van der Waals surface area contributed by atoms with Gasteiger partial charge in [0.25, 0.3) is 0 Å². The number of aryl methyl sites for hydroxylation is 2. The number of benzene rings is 2. The summed E-state index contributed by atoms with van der Waals surface area (Å²) in [5.41, 5.74) is 5.48. The quantitative estimate of drug-likeness (QED) is 0.421. The van der Waals surface area contributed by atoms with Gasteiger partial charge in [0.2, 0.25) is 0 Å². The molecular weight excluding hydrogens is 499 g/mol. The third-order valence-corrected chi connectivity index (χ3v) is 7.83. The minimum absolute atomic E-state index is 0.187. The van der Waals surface area contributed by atoms with Crippen LogP contribution in [0.5, 0.6) is 0 Å². The molecule has 3 aliphatic heterocycles. The molecule has 39 heavy (non-hydrogen) atoms. The molecule has 2 aromatic carbocycles. The Balaban J connectivity index is 1.55. The first-order valence-electron chi connectivity index (χ1n) is 13.4. The zero-order valence-electron chi connectivity index (χ0n) is 22.2. The SMILES string of the molecule is CCOC(=O)C1=C(C2CCCO2)NC2=C(C(=O)OC(c3c(C)cc(C)cc3F)C2)C1c1cccc2[nH]ccc12. The first-order chi connectivity index (χ1) is 18.9. The minimum Gasteiger partial charge on any atom is -0.463 e. The fourth-order valence-corrected chi connectivity index (χ4v) is 6.26. The zero-order valence-corrected chi connectivity index (χ0v) is 22.2. The number of aromatic nitrogens is 1. The summed E-state index contributed by atoms with van der Waals surface area (Å²) in [6, 6.07) is 11.0. The number of fused-ring (bicyclic) bond motifs is 1. The van der Waals surface area contributed by atoms with Gasteiger partial charge in [-0.15, -0.1) is 0 Å². The molecular formula is C31H31FN2O5. The van der Waals surface area contributed by atoms with E-state index in [9.17, 15) is 9.59 Å². The fourth-order valence-electron chi connectivity index (χ4n) is 6.26. The van der Waals surface area contributed by atoms with Crippen molar-refractivity contribution in [2.75, 3.05) is 13.2 Å². The Morgan fingerprint density at radius 3 is 2.77 bits per heavy atom. The summed E-state index contributed by atoms with van der Waals surface area (Å²) in [5.74, 6) is -2.23. The predicted octanol–water partition coefficient (Wildman–Crippen LogP) is 5.55. The monoisotopic (exact) mass is 530 g/mol. The highest BCUT2D eigenvalue weighted by Crippen LogP contribution is 2.48. The second-order valence-electron chi connectivity index (χ2n) is 10.4. The average molecular weight is 531 g/mol. The van der Waals surface area contributed by atoms with Crippen LogP contribution in [0.4, 0.5) is 4.39 Å². The summed E-state index contributed by atoms with van der Waals surface area (Å²) in [4.78, 5) is 30.7. The van der Waals surface area contributed by atoms with Crippen molar-refractivity contribution in [3.05, 3.63) is 93.2 Å². The first kappa shape index (κ1) is 25.4. The molecule has 3 atom stereocenters. The summed E-state index contributed by atoms with van der Waals surface area (Å²) in [6.45, 7) is 6.17. The number of dihydropyridines is 1. The van der Waals surface area contributed by atoms with Gasteiger partial charge in [0, 0.05) is 41.4 Å². The van der Waals surface area contributed by atoms with E-state index in [1.54, 1.807) is 6.92 Å². The maximum absolute atomic E-state index is 15.2. The van der Waals surface area contributed by atoms with Crippen LogP contribution >= 0.6 is 0 Å². The molecule has 1 aromatic heterocycles. The van der Waals surface area contributed by atoms with E-state index in [2.05, 4.69) is 10.3 Å². The fraction of sp³-hybridized carbons (Fsp3) is 0.355. The van der Waals surface area contributed by atoms with E-state index < -0.39 is 29.8 Å². The van der Waals surface area contributed by atoms with Crippen LogP contribution in [-0.2, 0) is 23.8 Å². The highest BCUT2D eigenvalue weighted by molar-refractivity contribution is 6.02. The van der Waals surface area contributed by atoms with E-state index in [-0.39, 0.29) is 19.1 Å². The molecule has 4 heterocycles. The molecule has 3 aliphatic rings. The number of nitrogens with one attached hydrogen (secondary N) is 2. The molecule has 0 aliphatic carbocycles. The van der Waals surface area contributed by atoms with Crippen LogP contribution in [0.2, 0.25) is 0 Å². The lowest BCUT2D eigenvalue weighted by Crippen LogP contribution is -2.41. The van der Waals surface area contributed by atoms with Crippen LogP contribution in [0.15, 0.2) is 65.1 Å². The van der Waals surface area contributed by atoms with Crippen molar-refractivity contribution < 1.29 is 28.2 Å². The zero-order chi connectivity index (χ0) is 27.3. The lowest BCUT2D eigenvalue weighted by Gasteiger charge is -2.38. The van der Waals surface area contributed by atoms with Crippen molar-refractivity contribution in [1.82, 2.24) is 10.3 Å². The number of hydrogen-bond acceptors (Lipinski definition) is 6. The summed E-state index contributed by atoms with van der Waals surface area (Å²) in [6.07, 6.45) is 2.51. The highest BCUT2D eigenvalue weighted by Gasteiger charge is 2.46. The molecule has 202 valence electrons. The number of rotatable bonds is 5. The largest absolute Gasteiger partial charge is 0.463 e. The molecule has 3 aromatic rings. The number of halogens is 1. The molecule has 0 saturated carbocycles. The standard InChI is InChI=1S/C31H31FN2O5/c1-4-37-30(35)28-26(19-7-5-8-21-18(19)10-11-33-21)27-22(34-29(28)23-9-6-12-38-23)15-24(39-31(27)36)25-17(3)13-16(2)14-20(25)32/h5,7-8,10-11,13-14,23-24,26,33-34H,4,6,9,12,15H2,1-3H3. The normalized spacial score (nSPS) is 23.1. The second kappa shape index (κ2) is 10.0. The van der Waals surface area contributed by atoms with Crippen LogP contribution in [-0.4, -0.2) is 36.2 Å². The smallest absolute Gasteiger partial charge is 0.337 e. The Morgan fingerprint density at radius 2 is 2.03 bits per heavy atom. The van der Waals surface area contributed by atoms with Crippen LogP contribution in [0.3, 0.4) is 0 Å². The topological polar surface area (TPSA) is 89.7 Å². The molecule has 1 saturated heterocycles. The summed E-state index contributed by atoms with van der Waals surface area (Å²) < 4.78 is 32.7. The number of hydrogen-bond donors (Lipinski definition) is 2. The summed E-state index contributed by atoms with van der Waals surface area (Å²) in [5, 5.41) is 4.30. The molecule has 0 bridgehead atoms. The van der Waals surface area contributed by atoms with Crippen LogP contribution in [0.25, 0.3) is 10.9 Å². The van der Waals surface area contributed by atoms with Crippen molar-refractivity contribution in [2.24, 2.45) is 0 Å². The van der Waals surface area contributed by atoms with Crippen molar-refractivity contribution in [3.8, 4) is 0 Å². The third-order valence-electron chi connectivity index (χ3n) is 7.83. The van der Waals surface area contributed by atoms with Crippen LogP contribution < -0.4 is 5.32 Å². The maximum Gasteiger partial charge on any atom is 0.337 e. The number of aromatic amines is 1. The van der Waals surface area contributed by atoms with E-state index in [0.717, 1.165) is 40.4 Å². The van der Waals surface area contributed by atoms with E-state index >= 15 is 4.39 Å². The Kier molecular flexibility index (Phi) is 6.51. The van der Waals surface area contributed by atoms with Crippen molar-refractivity contribution in [3.63, 3.8) is 0 Å². The van der Waals surface area contributed by atoms with Gasteiger partial charge in [-0.05, 0) is 68.5 Å². The molecule has 0 radical (unpaired) electrons. The van der Waals surface area contributed by atoms with Gasteiger partial charge in [-0.25, -0.2) is 14.0 Å². The molecule has 7 nitrogen and oxygen atoms in total. The summed E-state index contributed by atoms with van der Waals surface area (Å²) in [7, 11) is 0. The first-order valence-corrected chi connectivity index (χ1v) is 13.4. The molecule has 1 fully saturated rings. The van der Waals surface area contributed by atoms with Crippen molar-refractivity contribution in [2.45, 2.75) is 58.2 Å². The number of carbonyl (C=O) groups excluding carboxylic acids is 2. The molecule has 0 amide bonds. The lowest BCUT2D eigenvalue weighted by atomic mass is 9.76. The van der Waals surface area contributed by atoms with Gasteiger partial charge in [0.15, 0.2) is 0 Å². The number of esters is 2. The minimum atomic E-state index is -0.803. The molecule has 6 rings (SSSR count). The second-order valence-corrected chi connectivity index (χ2v) is 10.4. The van der Waals surface area contributed by atoms with E-state index in [4.69, 9.17) is 14.2 Å². The predicted molar refractivity (Wildman–Crippen MR) is 143 cm³/mol.